The van der Waals surface area contributed by atoms with Gasteiger partial charge in [-0.25, -0.2) is 4.98 Å². The molecule has 0 radical (unpaired) electrons. The second-order valence-corrected chi connectivity index (χ2v) is 5.80. The van der Waals surface area contributed by atoms with Crippen molar-refractivity contribution in [2.24, 2.45) is 0 Å². The largest absolute Gasteiger partial charge is 0.395 e. The molecule has 1 aromatic heterocycles. The topological polar surface area (TPSA) is 46.0 Å². The maximum absolute atomic E-state index is 8.96. The Morgan fingerprint density at radius 2 is 2.12 bits per heavy atom. The molecule has 0 spiro atoms. The zero-order chi connectivity index (χ0) is 11.4. The Balaban J connectivity index is 2.14. The van der Waals surface area contributed by atoms with Gasteiger partial charge in [0.15, 0.2) is 10.2 Å². The summed E-state index contributed by atoms with van der Waals surface area (Å²) in [4.78, 5) is 4.43. The molecule has 2 aromatic rings. The van der Waals surface area contributed by atoms with E-state index in [1.54, 1.807) is 11.8 Å². The molecule has 5 heteroatoms. The summed E-state index contributed by atoms with van der Waals surface area (Å²) >= 11 is 2.93. The zero-order valence-electron chi connectivity index (χ0n) is 8.83. The number of benzene rings is 1. The molecule has 1 aromatic carbocycles. The average Bonchev–Trinajstić information content (AvgIpc) is 2.78. The molecule has 1 heterocycles. The summed E-state index contributed by atoms with van der Waals surface area (Å²) in [5, 5.41) is 9.12. The van der Waals surface area contributed by atoms with Crippen LogP contribution in [0.2, 0.25) is 0 Å². The molecule has 0 fully saturated rings. The van der Waals surface area contributed by atoms with Crippen molar-refractivity contribution in [3.05, 3.63) is 30.3 Å². The number of aromatic nitrogens is 2. The van der Waals surface area contributed by atoms with Crippen molar-refractivity contribution in [2.75, 3.05) is 6.61 Å². The van der Waals surface area contributed by atoms with Gasteiger partial charge >= 0.3 is 0 Å². The molecule has 0 aliphatic carbocycles. The molecule has 1 unspecified atom stereocenters. The Bertz CT molecular complexity index is 444. The minimum Gasteiger partial charge on any atom is -0.395 e. The van der Waals surface area contributed by atoms with Crippen molar-refractivity contribution in [3.8, 4) is 11.4 Å². The van der Waals surface area contributed by atoms with E-state index in [-0.39, 0.29) is 11.9 Å². The van der Waals surface area contributed by atoms with Gasteiger partial charge in [0, 0.05) is 10.8 Å². The molecule has 0 aliphatic rings. The average molecular weight is 252 g/mol. The summed E-state index contributed by atoms with van der Waals surface area (Å²) in [7, 11) is 0. The number of hydrogen-bond acceptors (Lipinski definition) is 5. The van der Waals surface area contributed by atoms with Gasteiger partial charge < -0.3 is 5.11 Å². The zero-order valence-corrected chi connectivity index (χ0v) is 10.5. The van der Waals surface area contributed by atoms with Crippen LogP contribution in [-0.2, 0) is 0 Å². The van der Waals surface area contributed by atoms with Crippen molar-refractivity contribution in [2.45, 2.75) is 16.5 Å². The SMILES string of the molecule is CC(CO)Sc1nc(-c2ccccc2)ns1. The first-order chi connectivity index (χ1) is 7.79. The third kappa shape index (κ3) is 2.81. The first kappa shape index (κ1) is 11.6. The lowest BCUT2D eigenvalue weighted by Crippen LogP contribution is -2.00. The summed E-state index contributed by atoms with van der Waals surface area (Å²) in [6.45, 7) is 2.12. The fourth-order valence-electron chi connectivity index (χ4n) is 1.17. The Hall–Kier alpha value is -0.910. The van der Waals surface area contributed by atoms with Crippen LogP contribution in [0.25, 0.3) is 11.4 Å². The lowest BCUT2D eigenvalue weighted by atomic mass is 10.2. The van der Waals surface area contributed by atoms with E-state index in [0.29, 0.717) is 0 Å². The minimum absolute atomic E-state index is 0.158. The third-order valence-electron chi connectivity index (χ3n) is 2.00. The number of aliphatic hydroxyl groups excluding tert-OH is 1. The van der Waals surface area contributed by atoms with Gasteiger partial charge in [0.1, 0.15) is 0 Å². The van der Waals surface area contributed by atoms with E-state index in [4.69, 9.17) is 5.11 Å². The first-order valence-corrected chi connectivity index (χ1v) is 6.61. The van der Waals surface area contributed by atoms with Crippen LogP contribution in [0.15, 0.2) is 34.7 Å². The molecular weight excluding hydrogens is 240 g/mol. The molecule has 0 bridgehead atoms. The smallest absolute Gasteiger partial charge is 0.174 e. The summed E-state index contributed by atoms with van der Waals surface area (Å²) in [6.07, 6.45) is 0. The summed E-state index contributed by atoms with van der Waals surface area (Å²) in [5.74, 6) is 0.762. The van der Waals surface area contributed by atoms with E-state index < -0.39 is 0 Å². The van der Waals surface area contributed by atoms with Gasteiger partial charge in [0.05, 0.1) is 6.61 Å². The second-order valence-electron chi connectivity index (χ2n) is 3.36. The van der Waals surface area contributed by atoms with Crippen molar-refractivity contribution in [1.29, 1.82) is 0 Å². The van der Waals surface area contributed by atoms with E-state index in [1.807, 2.05) is 37.3 Å². The van der Waals surface area contributed by atoms with Crippen LogP contribution in [0.5, 0.6) is 0 Å². The predicted octanol–water partition coefficient (Wildman–Crippen LogP) is 2.68. The van der Waals surface area contributed by atoms with E-state index in [9.17, 15) is 0 Å². The van der Waals surface area contributed by atoms with Crippen LogP contribution in [0.1, 0.15) is 6.92 Å². The molecule has 3 nitrogen and oxygen atoms in total. The number of aliphatic hydroxyl groups is 1. The van der Waals surface area contributed by atoms with Crippen LogP contribution in [0.4, 0.5) is 0 Å². The highest BCUT2D eigenvalue weighted by atomic mass is 32.2. The maximum atomic E-state index is 8.96. The van der Waals surface area contributed by atoms with Gasteiger partial charge in [-0.1, -0.05) is 49.0 Å². The Morgan fingerprint density at radius 1 is 1.38 bits per heavy atom. The lowest BCUT2D eigenvalue weighted by molar-refractivity contribution is 0.300. The second kappa shape index (κ2) is 5.43. The lowest BCUT2D eigenvalue weighted by Gasteiger charge is -2.01. The van der Waals surface area contributed by atoms with Crippen LogP contribution in [0.3, 0.4) is 0 Å². The van der Waals surface area contributed by atoms with Gasteiger partial charge in [-0.05, 0) is 11.5 Å². The number of nitrogens with zero attached hydrogens (tertiary/aromatic N) is 2. The third-order valence-corrected chi connectivity index (χ3v) is 3.87. The fraction of sp³-hybridized carbons (Fsp3) is 0.273. The Morgan fingerprint density at radius 3 is 2.81 bits per heavy atom. The normalized spacial score (nSPS) is 12.6. The summed E-state index contributed by atoms with van der Waals surface area (Å²) in [5.41, 5.74) is 1.03. The standard InChI is InChI=1S/C11H12N2OS2/c1-8(7-14)15-11-12-10(13-16-11)9-5-3-2-4-6-9/h2-6,8,14H,7H2,1H3. The molecule has 0 aliphatic heterocycles. The van der Waals surface area contributed by atoms with Gasteiger partial charge in [0.2, 0.25) is 0 Å². The van der Waals surface area contributed by atoms with E-state index in [0.717, 1.165) is 15.7 Å². The Labute approximate surface area is 103 Å². The monoisotopic (exact) mass is 252 g/mol. The number of rotatable bonds is 4. The molecule has 1 atom stereocenters. The van der Waals surface area contributed by atoms with Crippen molar-refractivity contribution >= 4 is 23.3 Å². The maximum Gasteiger partial charge on any atom is 0.174 e. The summed E-state index contributed by atoms with van der Waals surface area (Å²) < 4.78 is 5.21. The Kier molecular flexibility index (Phi) is 3.93. The van der Waals surface area contributed by atoms with E-state index in [1.165, 1.54) is 11.5 Å². The van der Waals surface area contributed by atoms with Crippen molar-refractivity contribution in [1.82, 2.24) is 9.36 Å². The van der Waals surface area contributed by atoms with Gasteiger partial charge in [-0.2, -0.15) is 4.37 Å². The number of hydrogen-bond donors (Lipinski definition) is 1. The van der Waals surface area contributed by atoms with Crippen LogP contribution in [0, 0.1) is 0 Å². The van der Waals surface area contributed by atoms with Gasteiger partial charge in [0.25, 0.3) is 0 Å². The van der Waals surface area contributed by atoms with Crippen LogP contribution >= 0.6 is 23.3 Å². The summed E-state index contributed by atoms with van der Waals surface area (Å²) in [6, 6.07) is 9.90. The first-order valence-electron chi connectivity index (χ1n) is 4.96. The highest BCUT2D eigenvalue weighted by Gasteiger charge is 2.09. The van der Waals surface area contributed by atoms with Gasteiger partial charge in [-0.3, -0.25) is 0 Å². The minimum atomic E-state index is 0.158. The molecule has 0 saturated carbocycles. The predicted molar refractivity (Wildman–Crippen MR) is 67.7 cm³/mol. The van der Waals surface area contributed by atoms with Crippen molar-refractivity contribution in [3.63, 3.8) is 0 Å². The molecular formula is C11H12N2OS2. The van der Waals surface area contributed by atoms with Crippen LogP contribution < -0.4 is 0 Å². The number of thioether (sulfide) groups is 1. The molecule has 0 saturated heterocycles. The highest BCUT2D eigenvalue weighted by molar-refractivity contribution is 8.01. The molecule has 84 valence electrons. The van der Waals surface area contributed by atoms with E-state index in [2.05, 4.69) is 9.36 Å². The molecule has 16 heavy (non-hydrogen) atoms. The van der Waals surface area contributed by atoms with Gasteiger partial charge in [-0.15, -0.1) is 0 Å². The molecule has 1 N–H and O–H groups in total. The highest BCUT2D eigenvalue weighted by Crippen LogP contribution is 2.27. The quantitative estimate of drug-likeness (QED) is 0.850. The van der Waals surface area contributed by atoms with Crippen LogP contribution in [-0.4, -0.2) is 26.3 Å². The molecule has 0 amide bonds. The molecule has 2 rings (SSSR count). The fourth-order valence-corrected chi connectivity index (χ4v) is 2.94. The van der Waals surface area contributed by atoms with E-state index >= 15 is 0 Å². The van der Waals surface area contributed by atoms with Crippen molar-refractivity contribution < 1.29 is 5.11 Å².